The Bertz CT molecular complexity index is 755. The van der Waals surface area contributed by atoms with Crippen LogP contribution in [0.1, 0.15) is 27.0 Å². The van der Waals surface area contributed by atoms with Crippen molar-refractivity contribution in [1.29, 1.82) is 0 Å². The summed E-state index contributed by atoms with van der Waals surface area (Å²) in [5.74, 6) is -0.960. The quantitative estimate of drug-likeness (QED) is 0.828. The van der Waals surface area contributed by atoms with Gasteiger partial charge in [-0.1, -0.05) is 24.3 Å². The Hall–Kier alpha value is -2.82. The molecule has 2 aromatic rings. The van der Waals surface area contributed by atoms with Crippen molar-refractivity contribution < 1.29 is 19.4 Å². The monoisotopic (exact) mass is 327 g/mol. The molecule has 0 aliphatic carbocycles. The number of carbonyl (C=O) groups is 2. The molecule has 0 aliphatic heterocycles. The highest BCUT2D eigenvalue weighted by molar-refractivity contribution is 5.97. The largest absolute Gasteiger partial charge is 0.508 e. The molecule has 1 amide bonds. The molecule has 0 heterocycles. The van der Waals surface area contributed by atoms with Gasteiger partial charge in [-0.05, 0) is 48.7 Å². The van der Waals surface area contributed by atoms with E-state index in [4.69, 9.17) is 4.74 Å². The van der Waals surface area contributed by atoms with Crippen LogP contribution in [0.25, 0.3) is 0 Å². The molecule has 0 aromatic heterocycles. The average Bonchev–Trinajstić information content (AvgIpc) is 2.56. The smallest absolute Gasteiger partial charge is 0.328 e. The van der Waals surface area contributed by atoms with Gasteiger partial charge in [0, 0.05) is 12.0 Å². The Morgan fingerprint density at radius 3 is 2.50 bits per heavy atom. The zero-order valence-electron chi connectivity index (χ0n) is 14.0. The van der Waals surface area contributed by atoms with Crippen LogP contribution in [-0.2, 0) is 16.0 Å². The number of phenols is 1. The van der Waals surface area contributed by atoms with Gasteiger partial charge in [-0.3, -0.25) is 4.79 Å². The lowest BCUT2D eigenvalue weighted by Gasteiger charge is -2.17. The van der Waals surface area contributed by atoms with Gasteiger partial charge in [0.25, 0.3) is 5.91 Å². The van der Waals surface area contributed by atoms with E-state index in [9.17, 15) is 14.7 Å². The Labute approximate surface area is 141 Å². The lowest BCUT2D eigenvalue weighted by molar-refractivity contribution is -0.142. The van der Waals surface area contributed by atoms with Crippen molar-refractivity contribution in [3.8, 4) is 5.75 Å². The molecule has 5 heteroatoms. The van der Waals surface area contributed by atoms with E-state index in [1.54, 1.807) is 12.1 Å². The number of rotatable bonds is 5. The van der Waals surface area contributed by atoms with E-state index in [1.807, 2.05) is 32.0 Å². The summed E-state index contributed by atoms with van der Waals surface area (Å²) >= 11 is 0. The van der Waals surface area contributed by atoms with Crippen molar-refractivity contribution >= 4 is 11.9 Å². The molecule has 0 aliphatic rings. The van der Waals surface area contributed by atoms with Crippen LogP contribution in [0.3, 0.4) is 0 Å². The predicted octanol–water partition coefficient (Wildman–Crippen LogP) is 2.52. The first-order valence-corrected chi connectivity index (χ1v) is 7.64. The normalized spacial score (nSPS) is 11.6. The van der Waals surface area contributed by atoms with Crippen LogP contribution >= 0.6 is 0 Å². The number of phenolic OH excluding ortho intramolecular Hbond substituents is 1. The number of aryl methyl sites for hydroxylation is 2. The fourth-order valence-corrected chi connectivity index (χ4v) is 2.39. The molecule has 126 valence electrons. The van der Waals surface area contributed by atoms with E-state index in [2.05, 4.69) is 5.32 Å². The van der Waals surface area contributed by atoms with Gasteiger partial charge in [-0.2, -0.15) is 0 Å². The first-order valence-electron chi connectivity index (χ1n) is 7.64. The minimum absolute atomic E-state index is 0.00794. The third kappa shape index (κ3) is 4.35. The molecule has 0 radical (unpaired) electrons. The zero-order chi connectivity index (χ0) is 17.7. The summed E-state index contributed by atoms with van der Waals surface area (Å²) in [7, 11) is 1.29. The van der Waals surface area contributed by atoms with Crippen LogP contribution in [0, 0.1) is 13.8 Å². The summed E-state index contributed by atoms with van der Waals surface area (Å²) < 4.78 is 4.80. The number of hydrogen-bond acceptors (Lipinski definition) is 4. The summed E-state index contributed by atoms with van der Waals surface area (Å²) in [6, 6.07) is 11.1. The minimum Gasteiger partial charge on any atom is -0.508 e. The van der Waals surface area contributed by atoms with Gasteiger partial charge in [-0.25, -0.2) is 4.79 Å². The van der Waals surface area contributed by atoms with Gasteiger partial charge in [0.1, 0.15) is 11.8 Å². The fraction of sp³-hybridized carbons (Fsp3) is 0.263. The Morgan fingerprint density at radius 2 is 1.88 bits per heavy atom. The lowest BCUT2D eigenvalue weighted by Crippen LogP contribution is -2.43. The molecule has 0 unspecified atom stereocenters. The van der Waals surface area contributed by atoms with E-state index in [0.717, 1.165) is 16.7 Å². The second-order valence-electron chi connectivity index (χ2n) is 5.72. The molecule has 0 spiro atoms. The molecule has 0 fully saturated rings. The number of methoxy groups -OCH3 is 1. The van der Waals surface area contributed by atoms with Crippen molar-refractivity contribution in [2.24, 2.45) is 0 Å². The number of hydrogen-bond donors (Lipinski definition) is 2. The molecule has 2 N–H and O–H groups in total. The molecule has 0 saturated carbocycles. The van der Waals surface area contributed by atoms with Gasteiger partial charge in [0.05, 0.1) is 7.11 Å². The highest BCUT2D eigenvalue weighted by Crippen LogP contribution is 2.14. The van der Waals surface area contributed by atoms with Crippen LogP contribution in [0.15, 0.2) is 42.5 Å². The van der Waals surface area contributed by atoms with Crippen LogP contribution in [-0.4, -0.2) is 30.1 Å². The Kier molecular flexibility index (Phi) is 5.58. The van der Waals surface area contributed by atoms with Gasteiger partial charge >= 0.3 is 5.97 Å². The predicted molar refractivity (Wildman–Crippen MR) is 91.0 cm³/mol. The number of esters is 1. The number of benzene rings is 2. The number of aromatic hydroxyl groups is 1. The van der Waals surface area contributed by atoms with E-state index < -0.39 is 17.9 Å². The van der Waals surface area contributed by atoms with Crippen molar-refractivity contribution in [2.45, 2.75) is 26.3 Å². The Balaban J connectivity index is 2.17. The maximum Gasteiger partial charge on any atom is 0.328 e. The van der Waals surface area contributed by atoms with Crippen LogP contribution in [0.2, 0.25) is 0 Å². The summed E-state index contributed by atoms with van der Waals surface area (Å²) in [6.45, 7) is 4.01. The molecule has 0 saturated heterocycles. The van der Waals surface area contributed by atoms with Gasteiger partial charge < -0.3 is 15.2 Å². The molecule has 0 bridgehead atoms. The third-order valence-corrected chi connectivity index (χ3v) is 3.91. The maximum atomic E-state index is 12.3. The summed E-state index contributed by atoms with van der Waals surface area (Å²) in [6.07, 6.45) is 0.332. The summed E-state index contributed by atoms with van der Waals surface area (Å²) in [5, 5.41) is 12.1. The molecular weight excluding hydrogens is 306 g/mol. The van der Waals surface area contributed by atoms with E-state index >= 15 is 0 Å². The van der Waals surface area contributed by atoms with Crippen LogP contribution in [0.5, 0.6) is 5.75 Å². The molecule has 2 aromatic carbocycles. The van der Waals surface area contributed by atoms with Crippen molar-refractivity contribution in [1.82, 2.24) is 5.32 Å². The van der Waals surface area contributed by atoms with E-state index in [-0.39, 0.29) is 11.3 Å². The highest BCUT2D eigenvalue weighted by atomic mass is 16.5. The zero-order valence-corrected chi connectivity index (χ0v) is 14.0. The maximum absolute atomic E-state index is 12.3. The highest BCUT2D eigenvalue weighted by Gasteiger charge is 2.23. The summed E-state index contributed by atoms with van der Waals surface area (Å²) in [4.78, 5) is 24.3. The Morgan fingerprint density at radius 1 is 1.12 bits per heavy atom. The average molecular weight is 327 g/mol. The van der Waals surface area contributed by atoms with E-state index in [0.29, 0.717) is 6.42 Å². The molecule has 24 heavy (non-hydrogen) atoms. The topological polar surface area (TPSA) is 75.6 Å². The number of nitrogens with one attached hydrogen (secondary N) is 1. The standard InChI is InChI=1S/C19H21NO4/c1-12-7-8-14(9-13(12)2)10-17(19(23)24-3)20-18(22)15-5-4-6-16(21)11-15/h4-9,11,17,21H,10H2,1-3H3,(H,20,22)/t17-/m0/s1. The second kappa shape index (κ2) is 7.64. The van der Waals surface area contributed by atoms with Crippen molar-refractivity contribution in [3.63, 3.8) is 0 Å². The first-order chi connectivity index (χ1) is 11.4. The molecule has 2 rings (SSSR count). The van der Waals surface area contributed by atoms with Gasteiger partial charge in [-0.15, -0.1) is 0 Å². The molecule has 1 atom stereocenters. The third-order valence-electron chi connectivity index (χ3n) is 3.91. The van der Waals surface area contributed by atoms with Crippen LogP contribution in [0.4, 0.5) is 0 Å². The second-order valence-corrected chi connectivity index (χ2v) is 5.72. The van der Waals surface area contributed by atoms with Gasteiger partial charge in [0.2, 0.25) is 0 Å². The molecular formula is C19H21NO4. The number of ether oxygens (including phenoxy) is 1. The number of amides is 1. The van der Waals surface area contributed by atoms with Crippen molar-refractivity contribution in [2.75, 3.05) is 7.11 Å². The minimum atomic E-state index is -0.799. The molecule has 5 nitrogen and oxygen atoms in total. The van der Waals surface area contributed by atoms with E-state index in [1.165, 1.54) is 19.2 Å². The van der Waals surface area contributed by atoms with Crippen LogP contribution < -0.4 is 5.32 Å². The number of carbonyl (C=O) groups excluding carboxylic acids is 2. The SMILES string of the molecule is COC(=O)[C@H](Cc1ccc(C)c(C)c1)NC(=O)c1cccc(O)c1. The van der Waals surface area contributed by atoms with Gasteiger partial charge in [0.15, 0.2) is 0 Å². The van der Waals surface area contributed by atoms with Crippen molar-refractivity contribution in [3.05, 3.63) is 64.7 Å². The fourth-order valence-electron chi connectivity index (χ4n) is 2.39. The summed E-state index contributed by atoms with van der Waals surface area (Å²) in [5.41, 5.74) is 3.50. The lowest BCUT2D eigenvalue weighted by atomic mass is 10.0. The first kappa shape index (κ1) is 17.5.